The first kappa shape index (κ1) is 8.38. The first-order valence-corrected chi connectivity index (χ1v) is 5.11. The maximum atomic E-state index is 5.78. The molecule has 5 heteroatoms. The lowest BCUT2D eigenvalue weighted by Gasteiger charge is -2.25. The molecule has 3 heterocycles. The molecule has 2 aliphatic rings. The fourth-order valence-electron chi connectivity index (χ4n) is 2.33. The highest BCUT2D eigenvalue weighted by molar-refractivity contribution is 5.02. The second-order valence-electron chi connectivity index (χ2n) is 3.94. The molecule has 1 fully saturated rings. The molecule has 1 saturated heterocycles. The normalized spacial score (nSPS) is 31.5. The highest BCUT2D eigenvalue weighted by Crippen LogP contribution is 2.29. The second kappa shape index (κ2) is 3.03. The lowest BCUT2D eigenvalue weighted by Crippen LogP contribution is -2.32. The quantitative estimate of drug-likeness (QED) is 0.633. The van der Waals surface area contributed by atoms with Gasteiger partial charge in [0.2, 0.25) is 0 Å². The average Bonchev–Trinajstić information content (AvgIpc) is 2.82. The van der Waals surface area contributed by atoms with Crippen LogP contribution >= 0.6 is 0 Å². The fourth-order valence-corrected chi connectivity index (χ4v) is 2.33. The summed E-state index contributed by atoms with van der Waals surface area (Å²) in [6.45, 7) is 5.99. The van der Waals surface area contributed by atoms with E-state index in [-0.39, 0.29) is 0 Å². The van der Waals surface area contributed by atoms with E-state index in [0.717, 1.165) is 25.3 Å². The molecule has 1 aromatic rings. The van der Waals surface area contributed by atoms with Crippen LogP contribution in [0.2, 0.25) is 0 Å². The Morgan fingerprint density at radius 1 is 1.57 bits per heavy atom. The number of rotatable bonds is 1. The van der Waals surface area contributed by atoms with E-state index in [1.165, 1.54) is 0 Å². The van der Waals surface area contributed by atoms with Gasteiger partial charge < -0.3 is 4.74 Å². The average molecular weight is 194 g/mol. The summed E-state index contributed by atoms with van der Waals surface area (Å²) in [6.07, 6.45) is 2.11. The van der Waals surface area contributed by atoms with Gasteiger partial charge in [0.05, 0.1) is 30.6 Å². The number of aromatic nitrogens is 3. The lowest BCUT2D eigenvalue weighted by atomic mass is 10.2. The molecule has 1 aromatic heterocycles. The van der Waals surface area contributed by atoms with Gasteiger partial charge in [0.15, 0.2) is 0 Å². The van der Waals surface area contributed by atoms with Gasteiger partial charge in [0.25, 0.3) is 0 Å². The summed E-state index contributed by atoms with van der Waals surface area (Å²) in [7, 11) is 0. The van der Waals surface area contributed by atoms with Crippen molar-refractivity contribution in [2.75, 3.05) is 19.6 Å². The Labute approximate surface area is 82.6 Å². The zero-order valence-corrected chi connectivity index (χ0v) is 8.26. The molecule has 14 heavy (non-hydrogen) atoms. The minimum Gasteiger partial charge on any atom is -0.368 e. The molecular formula is C9H14N4O. The molecule has 0 spiro atoms. The first-order valence-electron chi connectivity index (χ1n) is 5.11. The van der Waals surface area contributed by atoms with Gasteiger partial charge in [-0.05, 0) is 6.54 Å². The van der Waals surface area contributed by atoms with Crippen LogP contribution in [-0.4, -0.2) is 45.6 Å². The van der Waals surface area contributed by atoms with E-state index in [1.807, 2.05) is 4.68 Å². The molecule has 0 amide bonds. The van der Waals surface area contributed by atoms with Gasteiger partial charge in [-0.1, -0.05) is 12.1 Å². The summed E-state index contributed by atoms with van der Waals surface area (Å²) in [5.74, 6) is 0. The van der Waals surface area contributed by atoms with Crippen molar-refractivity contribution < 1.29 is 4.74 Å². The predicted octanol–water partition coefficient (Wildman–Crippen LogP) is 0.0535. The van der Waals surface area contributed by atoms with Crippen LogP contribution in [0.3, 0.4) is 0 Å². The number of hydrogen-bond acceptors (Lipinski definition) is 4. The van der Waals surface area contributed by atoms with Crippen molar-refractivity contribution in [3.8, 4) is 0 Å². The summed E-state index contributed by atoms with van der Waals surface area (Å²) in [5.41, 5.74) is 1.10. The Morgan fingerprint density at radius 2 is 2.50 bits per heavy atom. The molecule has 0 unspecified atom stereocenters. The van der Waals surface area contributed by atoms with Gasteiger partial charge in [-0.2, -0.15) is 0 Å². The standard InChI is InChI=1S/C9H14N4O/c1-2-12-4-8-9(5-12)14-6-7-3-10-11-13(7)8/h3,8-9H,2,4-6H2,1H3/t8-,9-/m1/s1. The summed E-state index contributed by atoms with van der Waals surface area (Å²) < 4.78 is 7.81. The third-order valence-electron chi connectivity index (χ3n) is 3.17. The van der Waals surface area contributed by atoms with Crippen molar-refractivity contribution in [3.63, 3.8) is 0 Å². The molecule has 0 aliphatic carbocycles. The van der Waals surface area contributed by atoms with Crippen LogP contribution in [0.15, 0.2) is 6.20 Å². The number of likely N-dealkylation sites (tertiary alicyclic amines) is 1. The highest BCUT2D eigenvalue weighted by Gasteiger charge is 2.38. The van der Waals surface area contributed by atoms with E-state index in [0.29, 0.717) is 18.8 Å². The van der Waals surface area contributed by atoms with E-state index in [4.69, 9.17) is 4.74 Å². The van der Waals surface area contributed by atoms with Crippen LogP contribution in [0.25, 0.3) is 0 Å². The molecule has 0 aromatic carbocycles. The largest absolute Gasteiger partial charge is 0.368 e. The van der Waals surface area contributed by atoms with E-state index >= 15 is 0 Å². The van der Waals surface area contributed by atoms with E-state index in [1.54, 1.807) is 6.20 Å². The Kier molecular flexibility index (Phi) is 1.81. The molecule has 0 N–H and O–H groups in total. The monoisotopic (exact) mass is 194 g/mol. The smallest absolute Gasteiger partial charge is 0.0944 e. The van der Waals surface area contributed by atoms with E-state index in [9.17, 15) is 0 Å². The third kappa shape index (κ3) is 1.09. The zero-order chi connectivity index (χ0) is 9.54. The van der Waals surface area contributed by atoms with Gasteiger partial charge in [0.1, 0.15) is 0 Å². The maximum Gasteiger partial charge on any atom is 0.0944 e. The number of hydrogen-bond donors (Lipinski definition) is 0. The van der Waals surface area contributed by atoms with Crippen molar-refractivity contribution >= 4 is 0 Å². The van der Waals surface area contributed by atoms with Crippen molar-refractivity contribution in [1.29, 1.82) is 0 Å². The van der Waals surface area contributed by atoms with Crippen LogP contribution in [0, 0.1) is 0 Å². The zero-order valence-electron chi connectivity index (χ0n) is 8.26. The van der Waals surface area contributed by atoms with Crippen molar-refractivity contribution in [2.45, 2.75) is 25.7 Å². The molecule has 76 valence electrons. The van der Waals surface area contributed by atoms with Crippen LogP contribution < -0.4 is 0 Å². The predicted molar refractivity (Wildman–Crippen MR) is 49.8 cm³/mol. The van der Waals surface area contributed by atoms with Crippen LogP contribution in [0.5, 0.6) is 0 Å². The summed E-state index contributed by atoms with van der Waals surface area (Å²) in [6, 6.07) is 0.376. The number of likely N-dealkylation sites (N-methyl/N-ethyl adjacent to an activating group) is 1. The van der Waals surface area contributed by atoms with Crippen molar-refractivity contribution in [2.24, 2.45) is 0 Å². The van der Waals surface area contributed by atoms with Crippen molar-refractivity contribution in [3.05, 3.63) is 11.9 Å². The van der Waals surface area contributed by atoms with Crippen molar-refractivity contribution in [1.82, 2.24) is 19.9 Å². The topological polar surface area (TPSA) is 43.2 Å². The van der Waals surface area contributed by atoms with E-state index in [2.05, 4.69) is 22.1 Å². The SMILES string of the molecule is CCN1C[C@@H]2[C@@H](C1)OCc1cnnn12. The van der Waals surface area contributed by atoms with Crippen LogP contribution in [0.1, 0.15) is 18.7 Å². The number of fused-ring (bicyclic) bond motifs is 3. The molecule has 2 aliphatic heterocycles. The molecule has 0 bridgehead atoms. The maximum absolute atomic E-state index is 5.78. The Hall–Kier alpha value is -0.940. The van der Waals surface area contributed by atoms with Crippen LogP contribution in [-0.2, 0) is 11.3 Å². The summed E-state index contributed by atoms with van der Waals surface area (Å²) >= 11 is 0. The fraction of sp³-hybridized carbons (Fsp3) is 0.778. The second-order valence-corrected chi connectivity index (χ2v) is 3.94. The third-order valence-corrected chi connectivity index (χ3v) is 3.17. The van der Waals surface area contributed by atoms with Gasteiger partial charge in [-0.15, -0.1) is 5.10 Å². The number of nitrogens with zero attached hydrogens (tertiary/aromatic N) is 4. The summed E-state index contributed by atoms with van der Waals surface area (Å²) in [5, 5.41) is 8.06. The Bertz CT molecular complexity index is 337. The highest BCUT2D eigenvalue weighted by atomic mass is 16.5. The minimum atomic E-state index is 0.309. The number of ether oxygens (including phenoxy) is 1. The lowest BCUT2D eigenvalue weighted by molar-refractivity contribution is -0.00497. The summed E-state index contributed by atoms with van der Waals surface area (Å²) in [4.78, 5) is 2.39. The molecule has 5 nitrogen and oxygen atoms in total. The van der Waals surface area contributed by atoms with Crippen LogP contribution in [0.4, 0.5) is 0 Å². The molecule has 0 radical (unpaired) electrons. The Balaban J connectivity index is 1.91. The van der Waals surface area contributed by atoms with Gasteiger partial charge in [-0.25, -0.2) is 4.68 Å². The van der Waals surface area contributed by atoms with Gasteiger partial charge in [-0.3, -0.25) is 4.90 Å². The molecular weight excluding hydrogens is 180 g/mol. The van der Waals surface area contributed by atoms with Gasteiger partial charge in [0, 0.05) is 13.1 Å². The first-order chi connectivity index (χ1) is 6.88. The Morgan fingerprint density at radius 3 is 3.36 bits per heavy atom. The molecule has 2 atom stereocenters. The van der Waals surface area contributed by atoms with E-state index < -0.39 is 0 Å². The minimum absolute atomic E-state index is 0.309. The molecule has 3 rings (SSSR count). The van der Waals surface area contributed by atoms with Gasteiger partial charge >= 0.3 is 0 Å². The molecule has 0 saturated carbocycles.